The summed E-state index contributed by atoms with van der Waals surface area (Å²) in [5.41, 5.74) is -0.346. The number of amides is 1. The molecule has 3 aromatic heterocycles. The van der Waals surface area contributed by atoms with Gasteiger partial charge in [0.05, 0.1) is 18.0 Å². The van der Waals surface area contributed by atoms with Crippen molar-refractivity contribution < 1.29 is 27.1 Å². The van der Waals surface area contributed by atoms with E-state index in [1.54, 1.807) is 6.92 Å². The first-order valence-corrected chi connectivity index (χ1v) is 9.38. The molecule has 3 heterocycles. The Morgan fingerprint density at radius 1 is 1.12 bits per heavy atom. The highest BCUT2D eigenvalue weighted by molar-refractivity contribution is 5.88. The predicted octanol–water partition coefficient (Wildman–Crippen LogP) is 5.18. The molecule has 0 fully saturated rings. The molecule has 0 unspecified atom stereocenters. The number of alkyl halides is 3. The van der Waals surface area contributed by atoms with Crippen LogP contribution in [0.15, 0.2) is 55.0 Å². The van der Waals surface area contributed by atoms with Gasteiger partial charge in [0.15, 0.2) is 11.3 Å². The molecule has 0 atom stereocenters. The van der Waals surface area contributed by atoms with Crippen LogP contribution in [0.25, 0.3) is 28.0 Å². The maximum absolute atomic E-state index is 14.2. The number of anilines is 1. The van der Waals surface area contributed by atoms with E-state index in [0.717, 1.165) is 12.3 Å². The second-order valence-corrected chi connectivity index (χ2v) is 6.58. The minimum Gasteiger partial charge on any atom is -0.450 e. The number of fused-ring (bicyclic) bond motifs is 1. The SMILES string of the molecule is CCOC(=O)Nc1cc(-c2cc(-c3cccnc3C(F)(F)F)nn3ccnc23)ccc1F. The average Bonchev–Trinajstić information content (AvgIpc) is 3.23. The molecule has 0 bridgehead atoms. The number of pyridine rings is 1. The van der Waals surface area contributed by atoms with Crippen LogP contribution in [-0.2, 0) is 10.9 Å². The fourth-order valence-electron chi connectivity index (χ4n) is 3.16. The summed E-state index contributed by atoms with van der Waals surface area (Å²) in [7, 11) is 0. The molecule has 0 aliphatic carbocycles. The Labute approximate surface area is 178 Å². The molecular weight excluding hydrogens is 430 g/mol. The molecule has 0 radical (unpaired) electrons. The topological polar surface area (TPSA) is 81.4 Å². The monoisotopic (exact) mass is 445 g/mol. The quantitative estimate of drug-likeness (QED) is 0.438. The van der Waals surface area contributed by atoms with Gasteiger partial charge in [-0.25, -0.2) is 18.7 Å². The van der Waals surface area contributed by atoms with Gasteiger partial charge in [0.2, 0.25) is 0 Å². The van der Waals surface area contributed by atoms with Crippen molar-refractivity contribution >= 4 is 17.4 Å². The first kappa shape index (κ1) is 21.2. The zero-order chi connectivity index (χ0) is 22.9. The molecule has 11 heteroatoms. The van der Waals surface area contributed by atoms with Gasteiger partial charge in [-0.3, -0.25) is 10.3 Å². The zero-order valence-electron chi connectivity index (χ0n) is 16.5. The summed E-state index contributed by atoms with van der Waals surface area (Å²) in [6, 6.07) is 7.95. The van der Waals surface area contributed by atoms with Crippen molar-refractivity contribution in [1.82, 2.24) is 19.6 Å². The van der Waals surface area contributed by atoms with Crippen LogP contribution in [0.5, 0.6) is 0 Å². The lowest BCUT2D eigenvalue weighted by molar-refractivity contribution is -0.140. The van der Waals surface area contributed by atoms with Crippen LogP contribution in [0.3, 0.4) is 0 Å². The molecular formula is C21H15F4N5O2. The standard InChI is InChI=1S/C21H15F4N5O2/c1-2-32-20(31)28-17-10-12(5-6-15(17)22)14-11-16(29-30-9-8-27-19(14)30)13-4-3-7-26-18(13)21(23,24)25/h3-11H,2H2,1H3,(H,28,31). The van der Waals surface area contributed by atoms with Crippen LogP contribution >= 0.6 is 0 Å². The summed E-state index contributed by atoms with van der Waals surface area (Å²) in [5.74, 6) is -0.706. The number of hydrogen-bond acceptors (Lipinski definition) is 5. The normalized spacial score (nSPS) is 11.5. The molecule has 4 rings (SSSR count). The van der Waals surface area contributed by atoms with E-state index in [4.69, 9.17) is 4.74 Å². The Hall–Kier alpha value is -4.02. The van der Waals surface area contributed by atoms with Crippen LogP contribution in [-0.4, -0.2) is 32.3 Å². The highest BCUT2D eigenvalue weighted by atomic mass is 19.4. The van der Waals surface area contributed by atoms with Gasteiger partial charge >= 0.3 is 12.3 Å². The van der Waals surface area contributed by atoms with E-state index >= 15 is 0 Å². The molecule has 1 aromatic carbocycles. The number of nitrogens with zero attached hydrogens (tertiary/aromatic N) is 4. The Bertz CT molecular complexity index is 1300. The lowest BCUT2D eigenvalue weighted by atomic mass is 10.0. The number of benzene rings is 1. The molecule has 1 amide bonds. The van der Waals surface area contributed by atoms with Crippen molar-refractivity contribution in [3.8, 4) is 22.4 Å². The minimum atomic E-state index is -4.69. The van der Waals surface area contributed by atoms with E-state index in [1.807, 2.05) is 0 Å². The molecule has 164 valence electrons. The summed E-state index contributed by atoms with van der Waals surface area (Å²) in [6.07, 6.45) is -1.56. The molecule has 4 aromatic rings. The third kappa shape index (κ3) is 4.09. The Morgan fingerprint density at radius 3 is 2.69 bits per heavy atom. The fourth-order valence-corrected chi connectivity index (χ4v) is 3.16. The molecule has 32 heavy (non-hydrogen) atoms. The summed E-state index contributed by atoms with van der Waals surface area (Å²) >= 11 is 0. The summed E-state index contributed by atoms with van der Waals surface area (Å²) < 4.78 is 60.8. The van der Waals surface area contributed by atoms with Crippen LogP contribution in [0.2, 0.25) is 0 Å². The van der Waals surface area contributed by atoms with Gasteiger partial charge in [-0.2, -0.15) is 18.3 Å². The van der Waals surface area contributed by atoms with Gasteiger partial charge in [-0.05, 0) is 42.8 Å². The first-order valence-electron chi connectivity index (χ1n) is 9.38. The van der Waals surface area contributed by atoms with Crippen LogP contribution < -0.4 is 5.32 Å². The number of nitrogens with one attached hydrogen (secondary N) is 1. The van der Waals surface area contributed by atoms with Crippen molar-refractivity contribution in [1.29, 1.82) is 0 Å². The maximum Gasteiger partial charge on any atom is 0.434 e. The van der Waals surface area contributed by atoms with Crippen molar-refractivity contribution in [3.05, 3.63) is 66.5 Å². The molecule has 0 saturated heterocycles. The van der Waals surface area contributed by atoms with Gasteiger partial charge in [0.1, 0.15) is 5.82 Å². The lowest BCUT2D eigenvalue weighted by Crippen LogP contribution is -2.14. The number of halogens is 4. The van der Waals surface area contributed by atoms with E-state index in [2.05, 4.69) is 20.4 Å². The van der Waals surface area contributed by atoms with Gasteiger partial charge in [-0.15, -0.1) is 0 Å². The second kappa shape index (κ2) is 8.25. The Balaban J connectivity index is 1.87. The van der Waals surface area contributed by atoms with Crippen LogP contribution in [0.4, 0.5) is 28.0 Å². The van der Waals surface area contributed by atoms with E-state index in [1.165, 1.54) is 47.2 Å². The zero-order valence-corrected chi connectivity index (χ0v) is 16.5. The highest BCUT2D eigenvalue weighted by Crippen LogP contribution is 2.36. The van der Waals surface area contributed by atoms with Crippen LogP contribution in [0, 0.1) is 5.82 Å². The van der Waals surface area contributed by atoms with E-state index in [0.29, 0.717) is 16.8 Å². The number of carbonyl (C=O) groups excluding carboxylic acids is 1. The molecule has 1 N–H and O–H groups in total. The molecule has 7 nitrogen and oxygen atoms in total. The minimum absolute atomic E-state index is 0.00449. The van der Waals surface area contributed by atoms with Gasteiger partial charge in [0, 0.05) is 29.7 Å². The van der Waals surface area contributed by atoms with Gasteiger partial charge < -0.3 is 4.74 Å². The van der Waals surface area contributed by atoms with Crippen LogP contribution in [0.1, 0.15) is 12.6 Å². The summed E-state index contributed by atoms with van der Waals surface area (Å²) in [6.45, 7) is 1.70. The van der Waals surface area contributed by atoms with Crippen molar-refractivity contribution in [2.45, 2.75) is 13.1 Å². The van der Waals surface area contributed by atoms with E-state index in [-0.39, 0.29) is 23.6 Å². The molecule has 0 saturated carbocycles. The number of aromatic nitrogens is 4. The second-order valence-electron chi connectivity index (χ2n) is 6.58. The highest BCUT2D eigenvalue weighted by Gasteiger charge is 2.36. The number of ether oxygens (including phenoxy) is 1. The predicted molar refractivity (Wildman–Crippen MR) is 107 cm³/mol. The Kier molecular flexibility index (Phi) is 5.47. The van der Waals surface area contributed by atoms with E-state index < -0.39 is 23.8 Å². The smallest absolute Gasteiger partial charge is 0.434 e. The number of carbonyl (C=O) groups is 1. The fraction of sp³-hybridized carbons (Fsp3) is 0.143. The largest absolute Gasteiger partial charge is 0.450 e. The number of hydrogen-bond donors (Lipinski definition) is 1. The van der Waals surface area contributed by atoms with Crippen molar-refractivity contribution in [3.63, 3.8) is 0 Å². The number of rotatable bonds is 4. The molecule has 0 aliphatic heterocycles. The average molecular weight is 445 g/mol. The van der Waals surface area contributed by atoms with Crippen molar-refractivity contribution in [2.75, 3.05) is 11.9 Å². The summed E-state index contributed by atoms with van der Waals surface area (Å²) in [4.78, 5) is 19.4. The lowest BCUT2D eigenvalue weighted by Gasteiger charge is -2.13. The third-order valence-corrected chi connectivity index (χ3v) is 4.50. The van der Waals surface area contributed by atoms with Gasteiger partial charge in [0.25, 0.3) is 0 Å². The first-order chi connectivity index (χ1) is 15.3. The molecule has 0 aliphatic rings. The maximum atomic E-state index is 14.2. The van der Waals surface area contributed by atoms with Gasteiger partial charge in [-0.1, -0.05) is 6.07 Å². The Morgan fingerprint density at radius 2 is 1.94 bits per heavy atom. The number of imidazole rings is 1. The molecule has 0 spiro atoms. The third-order valence-electron chi connectivity index (χ3n) is 4.50. The van der Waals surface area contributed by atoms with Crippen molar-refractivity contribution in [2.24, 2.45) is 0 Å². The van der Waals surface area contributed by atoms with E-state index in [9.17, 15) is 22.4 Å². The summed E-state index contributed by atoms with van der Waals surface area (Å²) in [5, 5.41) is 6.53.